The molecule has 0 saturated carbocycles. The van der Waals surface area contributed by atoms with E-state index in [9.17, 15) is 13.2 Å². The molecule has 1 fully saturated rings. The Morgan fingerprint density at radius 3 is 2.36 bits per heavy atom. The Kier molecular flexibility index (Phi) is 5.58. The molecule has 0 unspecified atom stereocenters. The number of hydrogen-bond donors (Lipinski definition) is 0. The van der Waals surface area contributed by atoms with Gasteiger partial charge in [-0.15, -0.1) is 0 Å². The van der Waals surface area contributed by atoms with Crippen molar-refractivity contribution in [2.24, 2.45) is 0 Å². The van der Waals surface area contributed by atoms with Crippen LogP contribution in [0.3, 0.4) is 0 Å². The fourth-order valence-corrected chi connectivity index (χ4v) is 4.39. The summed E-state index contributed by atoms with van der Waals surface area (Å²) in [5.74, 6) is 0.201. The van der Waals surface area contributed by atoms with Gasteiger partial charge in [-0.1, -0.05) is 25.1 Å². The van der Waals surface area contributed by atoms with Crippen molar-refractivity contribution < 1.29 is 13.2 Å². The number of sulfonamides is 1. The van der Waals surface area contributed by atoms with E-state index in [1.54, 1.807) is 28.4 Å². The minimum Gasteiger partial charge on any atom is -0.339 e. The van der Waals surface area contributed by atoms with Crippen LogP contribution in [0.4, 0.5) is 0 Å². The molecule has 0 aliphatic carbocycles. The van der Waals surface area contributed by atoms with E-state index >= 15 is 0 Å². The Balaban J connectivity index is 1.95. The fourth-order valence-electron chi connectivity index (χ4n) is 2.84. The molecule has 0 radical (unpaired) electrons. The van der Waals surface area contributed by atoms with Gasteiger partial charge in [0.05, 0.1) is 5.75 Å². The number of carbonyl (C=O) groups excluding carboxylic acids is 1. The highest BCUT2D eigenvalue weighted by Crippen LogP contribution is 2.20. The number of hydrogen-bond acceptors (Lipinski definition) is 3. The summed E-state index contributed by atoms with van der Waals surface area (Å²) >= 11 is 0. The van der Waals surface area contributed by atoms with Crippen LogP contribution in [0.25, 0.3) is 0 Å². The van der Waals surface area contributed by atoms with Crippen LogP contribution in [0.15, 0.2) is 30.3 Å². The maximum absolute atomic E-state index is 12.4. The molecule has 0 aromatic heterocycles. The molecule has 122 valence electrons. The first-order valence-electron chi connectivity index (χ1n) is 7.75. The third-order valence-electron chi connectivity index (χ3n) is 4.17. The number of piperidine rings is 1. The fraction of sp³-hybridized carbons (Fsp3) is 0.562. The maximum atomic E-state index is 12.4. The Hall–Kier alpha value is -1.40. The molecule has 1 heterocycles. The van der Waals surface area contributed by atoms with Crippen molar-refractivity contribution in [1.29, 1.82) is 0 Å². The number of amides is 1. The van der Waals surface area contributed by atoms with E-state index in [1.165, 1.54) is 0 Å². The Labute approximate surface area is 133 Å². The van der Waals surface area contributed by atoms with Gasteiger partial charge in [-0.25, -0.2) is 12.7 Å². The van der Waals surface area contributed by atoms with Crippen molar-refractivity contribution in [3.63, 3.8) is 0 Å². The third kappa shape index (κ3) is 3.87. The van der Waals surface area contributed by atoms with Gasteiger partial charge in [0.1, 0.15) is 0 Å². The second-order valence-electron chi connectivity index (χ2n) is 5.73. The molecule has 5 nitrogen and oxygen atoms in total. The summed E-state index contributed by atoms with van der Waals surface area (Å²) in [7, 11) is -1.32. The van der Waals surface area contributed by atoms with Gasteiger partial charge in [0.15, 0.2) is 0 Å². The molecular weight excluding hydrogens is 300 g/mol. The topological polar surface area (TPSA) is 57.7 Å². The van der Waals surface area contributed by atoms with Crippen molar-refractivity contribution in [1.82, 2.24) is 9.21 Å². The van der Waals surface area contributed by atoms with E-state index in [1.807, 2.05) is 25.1 Å². The van der Waals surface area contributed by atoms with Crippen LogP contribution >= 0.6 is 0 Å². The molecule has 1 aliphatic heterocycles. The van der Waals surface area contributed by atoms with Gasteiger partial charge >= 0.3 is 0 Å². The summed E-state index contributed by atoms with van der Waals surface area (Å²) in [5.41, 5.74) is 0.672. The quantitative estimate of drug-likeness (QED) is 0.832. The first-order valence-corrected chi connectivity index (χ1v) is 9.36. The summed E-state index contributed by atoms with van der Waals surface area (Å²) in [6, 6.07) is 9.29. The molecule has 0 bridgehead atoms. The second-order valence-corrected chi connectivity index (χ2v) is 7.82. The highest BCUT2D eigenvalue weighted by atomic mass is 32.2. The molecule has 1 amide bonds. The van der Waals surface area contributed by atoms with Crippen LogP contribution in [0.1, 0.15) is 36.5 Å². The highest BCUT2D eigenvalue weighted by Gasteiger charge is 2.30. The minimum atomic E-state index is -3.13. The van der Waals surface area contributed by atoms with Gasteiger partial charge in [0, 0.05) is 31.7 Å². The number of carbonyl (C=O) groups is 1. The van der Waals surface area contributed by atoms with E-state index in [0.29, 0.717) is 37.9 Å². The van der Waals surface area contributed by atoms with Gasteiger partial charge in [0.25, 0.3) is 5.91 Å². The summed E-state index contributed by atoms with van der Waals surface area (Å²) < 4.78 is 25.7. The average molecular weight is 324 g/mol. The first kappa shape index (κ1) is 17.0. The van der Waals surface area contributed by atoms with Gasteiger partial charge < -0.3 is 4.90 Å². The third-order valence-corrected chi connectivity index (χ3v) is 6.24. The van der Waals surface area contributed by atoms with E-state index < -0.39 is 10.0 Å². The molecular formula is C16H24N2O3S. The van der Waals surface area contributed by atoms with E-state index in [-0.39, 0.29) is 17.7 Å². The van der Waals surface area contributed by atoms with E-state index in [0.717, 1.165) is 0 Å². The molecule has 0 spiro atoms. The smallest absolute Gasteiger partial charge is 0.253 e. The summed E-state index contributed by atoms with van der Waals surface area (Å²) in [6.45, 7) is 2.87. The van der Waals surface area contributed by atoms with E-state index in [2.05, 4.69) is 0 Å². The van der Waals surface area contributed by atoms with Gasteiger partial charge in [0.2, 0.25) is 10.0 Å². The molecule has 6 heteroatoms. The lowest BCUT2D eigenvalue weighted by molar-refractivity contribution is 0.0682. The normalized spacial score (nSPS) is 17.4. The molecule has 1 saturated heterocycles. The summed E-state index contributed by atoms with van der Waals surface area (Å²) in [6.07, 6.45) is 2.02. The van der Waals surface area contributed by atoms with Crippen LogP contribution in [-0.4, -0.2) is 55.5 Å². The zero-order valence-corrected chi connectivity index (χ0v) is 14.1. The van der Waals surface area contributed by atoms with Gasteiger partial charge in [-0.05, 0) is 31.4 Å². The Bertz CT molecular complexity index is 593. The standard InChI is InChI=1S/C16H24N2O3S/c1-3-13-22(20,21)18-11-9-15(10-12-18)17(2)16(19)14-7-5-4-6-8-14/h4-8,15H,3,9-13H2,1-2H3. The number of benzene rings is 1. The van der Waals surface area contributed by atoms with Crippen LogP contribution in [-0.2, 0) is 10.0 Å². The number of nitrogens with zero attached hydrogens (tertiary/aromatic N) is 2. The van der Waals surface area contributed by atoms with Crippen molar-refractivity contribution in [3.8, 4) is 0 Å². The number of rotatable bonds is 5. The zero-order chi connectivity index (χ0) is 16.2. The van der Waals surface area contributed by atoms with Crippen molar-refractivity contribution >= 4 is 15.9 Å². The molecule has 2 rings (SSSR count). The van der Waals surface area contributed by atoms with Gasteiger partial charge in [-0.2, -0.15) is 0 Å². The van der Waals surface area contributed by atoms with Crippen LogP contribution in [0.5, 0.6) is 0 Å². The Morgan fingerprint density at radius 2 is 1.82 bits per heavy atom. The zero-order valence-electron chi connectivity index (χ0n) is 13.2. The monoisotopic (exact) mass is 324 g/mol. The van der Waals surface area contributed by atoms with Crippen LogP contribution < -0.4 is 0 Å². The summed E-state index contributed by atoms with van der Waals surface area (Å²) in [4.78, 5) is 14.2. The maximum Gasteiger partial charge on any atom is 0.253 e. The molecule has 0 N–H and O–H groups in total. The highest BCUT2D eigenvalue weighted by molar-refractivity contribution is 7.89. The lowest BCUT2D eigenvalue weighted by atomic mass is 10.0. The van der Waals surface area contributed by atoms with Crippen LogP contribution in [0, 0.1) is 0 Å². The lowest BCUT2D eigenvalue weighted by Crippen LogP contribution is -2.47. The average Bonchev–Trinajstić information content (AvgIpc) is 2.54. The Morgan fingerprint density at radius 1 is 1.23 bits per heavy atom. The predicted molar refractivity (Wildman–Crippen MR) is 87.2 cm³/mol. The van der Waals surface area contributed by atoms with Gasteiger partial charge in [-0.3, -0.25) is 4.79 Å². The molecule has 22 heavy (non-hydrogen) atoms. The first-order chi connectivity index (χ1) is 10.5. The van der Waals surface area contributed by atoms with Crippen molar-refractivity contribution in [2.75, 3.05) is 25.9 Å². The summed E-state index contributed by atoms with van der Waals surface area (Å²) in [5, 5.41) is 0. The molecule has 1 aliphatic rings. The largest absolute Gasteiger partial charge is 0.339 e. The molecule has 0 atom stereocenters. The van der Waals surface area contributed by atoms with E-state index in [4.69, 9.17) is 0 Å². The van der Waals surface area contributed by atoms with Crippen molar-refractivity contribution in [2.45, 2.75) is 32.2 Å². The van der Waals surface area contributed by atoms with Crippen molar-refractivity contribution in [3.05, 3.63) is 35.9 Å². The molecule has 1 aromatic carbocycles. The second kappa shape index (κ2) is 7.24. The van der Waals surface area contributed by atoms with Crippen LogP contribution in [0.2, 0.25) is 0 Å². The predicted octanol–water partition coefficient (Wildman–Crippen LogP) is 1.96. The lowest BCUT2D eigenvalue weighted by Gasteiger charge is -2.36. The molecule has 1 aromatic rings. The SMILES string of the molecule is CCCS(=O)(=O)N1CCC(N(C)C(=O)c2ccccc2)CC1. The minimum absolute atomic E-state index is 0.00420.